The maximum Gasteiger partial charge on any atom is 0.105 e. The van der Waals surface area contributed by atoms with Crippen molar-refractivity contribution < 1.29 is 0 Å². The highest BCUT2D eigenvalue weighted by Gasteiger charge is 2.09. The molecule has 0 fully saturated rings. The van der Waals surface area contributed by atoms with E-state index in [1.165, 1.54) is 25.7 Å². The van der Waals surface area contributed by atoms with Gasteiger partial charge in [0, 0.05) is 0 Å². The summed E-state index contributed by atoms with van der Waals surface area (Å²) in [6, 6.07) is 0. The lowest BCUT2D eigenvalue weighted by Gasteiger charge is -2.17. The van der Waals surface area contributed by atoms with E-state index >= 15 is 0 Å². The summed E-state index contributed by atoms with van der Waals surface area (Å²) in [6.45, 7) is 4.61. The van der Waals surface area contributed by atoms with Gasteiger partial charge in [-0.1, -0.05) is 37.2 Å². The van der Waals surface area contributed by atoms with Gasteiger partial charge in [0.05, 0.1) is 0 Å². The van der Waals surface area contributed by atoms with Crippen LogP contribution < -0.4 is 0 Å². The first-order valence-corrected chi connectivity index (χ1v) is 4.86. The quantitative estimate of drug-likeness (QED) is 0.367. The van der Waals surface area contributed by atoms with E-state index in [0.29, 0.717) is 0 Å². The zero-order chi connectivity index (χ0) is 8.27. The molecule has 0 nitrogen and oxygen atoms in total. The third kappa shape index (κ3) is 3.13. The molecule has 0 aromatic rings. The molecule has 0 N–H and O–H groups in total. The largest absolute Gasteiger partial charge is 0.105 e. The number of rotatable bonds is 0. The number of hydrogen-bond acceptors (Lipinski definition) is 0. The van der Waals surface area contributed by atoms with Crippen molar-refractivity contribution in [3.63, 3.8) is 0 Å². The molecule has 0 aromatic heterocycles. The molecule has 2 unspecified atom stereocenters. The maximum absolute atomic E-state index is 2.45. The van der Waals surface area contributed by atoms with Crippen LogP contribution in [0.4, 0.5) is 0 Å². The molecule has 2 atom stereocenters. The summed E-state index contributed by atoms with van der Waals surface area (Å²) in [5.74, 6) is 1.74. The van der Waals surface area contributed by atoms with Gasteiger partial charge >= 0.3 is 0 Å². The van der Waals surface area contributed by atoms with Crippen LogP contribution in [0.15, 0.2) is 11.6 Å². The molecular weight excluding hydrogens is 131 g/mol. The molecule has 62 valence electrons. The molecule has 0 spiro atoms. The second kappa shape index (κ2) is 3.99. The molecule has 1 aliphatic rings. The van der Waals surface area contributed by atoms with E-state index in [0.717, 1.165) is 11.7 Å². The van der Waals surface area contributed by atoms with Crippen LogP contribution in [0.25, 0.3) is 0 Å². The molecule has 1 rings (SSSR count). The Kier molecular flexibility index (Phi) is 3.23. The smallest absolute Gasteiger partial charge is 0.0828 e. The average Bonchev–Trinajstić information content (AvgIpc) is 1.83. The van der Waals surface area contributed by atoms with Crippen molar-refractivity contribution >= 4 is 7.85 Å². The van der Waals surface area contributed by atoms with Gasteiger partial charge in [0.2, 0.25) is 0 Å². The molecule has 0 heterocycles. The molecule has 0 bridgehead atoms. The van der Waals surface area contributed by atoms with E-state index < -0.39 is 0 Å². The van der Waals surface area contributed by atoms with Crippen molar-refractivity contribution in [2.75, 3.05) is 0 Å². The topological polar surface area (TPSA) is 0 Å². The van der Waals surface area contributed by atoms with E-state index in [9.17, 15) is 0 Å². The van der Waals surface area contributed by atoms with E-state index in [-0.39, 0.29) is 0 Å². The first-order chi connectivity index (χ1) is 5.18. The summed E-state index contributed by atoms with van der Waals surface area (Å²) in [5, 5.41) is 0. The van der Waals surface area contributed by atoms with Gasteiger partial charge < -0.3 is 0 Å². The molecule has 0 amide bonds. The second-order valence-electron chi connectivity index (χ2n) is 4.23. The van der Waals surface area contributed by atoms with Gasteiger partial charge in [0.15, 0.2) is 0 Å². The fourth-order valence-corrected chi connectivity index (χ4v) is 2.08. The number of hydrogen-bond donors (Lipinski definition) is 0. The molecular formula is C10H19B. The highest BCUT2D eigenvalue weighted by molar-refractivity contribution is 6.11. The summed E-state index contributed by atoms with van der Waals surface area (Å²) >= 11 is 0. The van der Waals surface area contributed by atoms with Crippen LogP contribution in [0, 0.1) is 5.92 Å². The van der Waals surface area contributed by atoms with Crippen LogP contribution in [0.5, 0.6) is 0 Å². The van der Waals surface area contributed by atoms with Crippen LogP contribution >= 0.6 is 0 Å². The first-order valence-electron chi connectivity index (χ1n) is 4.86. The predicted octanol–water partition coefficient (Wildman–Crippen LogP) is 2.56. The van der Waals surface area contributed by atoms with E-state index in [2.05, 4.69) is 27.8 Å². The first kappa shape index (κ1) is 8.90. The lowest BCUT2D eigenvalue weighted by Crippen LogP contribution is -2.01. The summed E-state index contributed by atoms with van der Waals surface area (Å²) < 4.78 is 0. The van der Waals surface area contributed by atoms with Crippen molar-refractivity contribution in [2.45, 2.75) is 45.3 Å². The molecule has 1 aliphatic carbocycles. The fourth-order valence-electron chi connectivity index (χ4n) is 2.08. The molecule has 0 saturated heterocycles. The zero-order valence-corrected chi connectivity index (χ0v) is 8.06. The van der Waals surface area contributed by atoms with Gasteiger partial charge in [-0.2, -0.15) is 0 Å². The van der Waals surface area contributed by atoms with Crippen molar-refractivity contribution in [3.8, 4) is 0 Å². The monoisotopic (exact) mass is 150 g/mol. The minimum atomic E-state index is 0.822. The minimum Gasteiger partial charge on any atom is -0.0828 e. The minimum absolute atomic E-state index is 0.822. The predicted molar refractivity (Wildman–Crippen MR) is 53.7 cm³/mol. The third-order valence-electron chi connectivity index (χ3n) is 2.60. The van der Waals surface area contributed by atoms with E-state index in [1.54, 1.807) is 5.57 Å². The number of allylic oxidation sites excluding steroid dienone is 2. The Morgan fingerprint density at radius 1 is 1.45 bits per heavy atom. The van der Waals surface area contributed by atoms with Gasteiger partial charge in [-0.15, -0.1) is 0 Å². The molecule has 0 aliphatic heterocycles. The molecule has 0 radical (unpaired) electrons. The van der Waals surface area contributed by atoms with Gasteiger partial charge in [-0.3, -0.25) is 0 Å². The van der Waals surface area contributed by atoms with Crippen LogP contribution in [0.1, 0.15) is 39.5 Å². The lowest BCUT2D eigenvalue weighted by molar-refractivity contribution is 0.542. The van der Waals surface area contributed by atoms with E-state index in [1.807, 2.05) is 0 Å². The highest BCUT2D eigenvalue weighted by atomic mass is 14.1. The molecule has 0 saturated carbocycles. The standard InChI is InChI=1S/C10H19B/c1-8-4-3-5-10(11)7-9(2)6-8/h6,8,10H,3-5,7,11H2,1-2H3/b9-6+. The maximum atomic E-state index is 2.45. The van der Waals surface area contributed by atoms with Crippen LogP contribution in [0.3, 0.4) is 0 Å². The summed E-state index contributed by atoms with van der Waals surface area (Å²) in [4.78, 5) is 0. The van der Waals surface area contributed by atoms with E-state index in [4.69, 9.17) is 0 Å². The van der Waals surface area contributed by atoms with Gasteiger partial charge in [-0.25, -0.2) is 0 Å². The lowest BCUT2D eigenvalue weighted by atomic mass is 9.76. The Balaban J connectivity index is 2.54. The fraction of sp³-hybridized carbons (Fsp3) is 0.800. The normalized spacial score (nSPS) is 38.5. The van der Waals surface area contributed by atoms with Gasteiger partial charge in [0.25, 0.3) is 0 Å². The van der Waals surface area contributed by atoms with Crippen molar-refractivity contribution in [1.29, 1.82) is 0 Å². The second-order valence-corrected chi connectivity index (χ2v) is 4.23. The van der Waals surface area contributed by atoms with Gasteiger partial charge in [0.1, 0.15) is 7.85 Å². The third-order valence-corrected chi connectivity index (χ3v) is 2.60. The van der Waals surface area contributed by atoms with Crippen LogP contribution in [-0.2, 0) is 0 Å². The Bertz CT molecular complexity index is 149. The Labute approximate surface area is 71.5 Å². The van der Waals surface area contributed by atoms with Crippen LogP contribution in [0.2, 0.25) is 5.82 Å². The van der Waals surface area contributed by atoms with Crippen molar-refractivity contribution in [3.05, 3.63) is 11.6 Å². The highest BCUT2D eigenvalue weighted by Crippen LogP contribution is 2.26. The van der Waals surface area contributed by atoms with Crippen molar-refractivity contribution in [1.82, 2.24) is 0 Å². The Morgan fingerprint density at radius 2 is 2.18 bits per heavy atom. The van der Waals surface area contributed by atoms with Crippen LogP contribution in [-0.4, -0.2) is 7.85 Å². The van der Waals surface area contributed by atoms with Gasteiger partial charge in [-0.05, 0) is 25.7 Å². The molecule has 0 aromatic carbocycles. The summed E-state index contributed by atoms with van der Waals surface area (Å²) in [7, 11) is 2.37. The summed E-state index contributed by atoms with van der Waals surface area (Å²) in [6.07, 6.45) is 8.02. The molecule has 1 heteroatoms. The Hall–Kier alpha value is -0.195. The summed E-state index contributed by atoms with van der Waals surface area (Å²) in [5.41, 5.74) is 1.60. The SMILES string of the molecule is BC1CCCC(C)/C=C(\C)C1. The Morgan fingerprint density at radius 3 is 2.91 bits per heavy atom. The van der Waals surface area contributed by atoms with Crippen molar-refractivity contribution in [2.24, 2.45) is 5.92 Å². The molecule has 11 heavy (non-hydrogen) atoms. The average molecular weight is 150 g/mol. The zero-order valence-electron chi connectivity index (χ0n) is 8.06.